The molecule has 4 heteroatoms. The maximum Gasteiger partial charge on any atom is 0.185 e. The molecule has 1 aromatic heterocycles. The molecule has 21 heavy (non-hydrogen) atoms. The minimum Gasteiger partial charge on any atom is -0.348 e. The van der Waals surface area contributed by atoms with Gasteiger partial charge in [0, 0.05) is 30.6 Å². The molecule has 1 fully saturated rings. The van der Waals surface area contributed by atoms with Gasteiger partial charge in [-0.15, -0.1) is 11.3 Å². The summed E-state index contributed by atoms with van der Waals surface area (Å²) in [5.41, 5.74) is 1.31. The molecule has 3 nitrogen and oxygen atoms in total. The number of aromatic nitrogens is 1. The van der Waals surface area contributed by atoms with Crippen LogP contribution < -0.4 is 10.2 Å². The molecule has 0 aromatic carbocycles. The summed E-state index contributed by atoms with van der Waals surface area (Å²) in [5.74, 6) is 0.956. The summed E-state index contributed by atoms with van der Waals surface area (Å²) >= 11 is 1.78. The Labute approximate surface area is 134 Å². The maximum absolute atomic E-state index is 4.81. The molecule has 0 aliphatic heterocycles. The van der Waals surface area contributed by atoms with Crippen LogP contribution in [-0.4, -0.2) is 23.6 Å². The fraction of sp³-hybridized carbons (Fsp3) is 0.824. The largest absolute Gasteiger partial charge is 0.348 e. The number of rotatable bonds is 5. The molecule has 0 unspecified atom stereocenters. The predicted molar refractivity (Wildman–Crippen MR) is 93.1 cm³/mol. The Bertz CT molecular complexity index is 427. The molecule has 2 rings (SSSR count). The number of nitrogens with zero attached hydrogens (tertiary/aromatic N) is 2. The highest BCUT2D eigenvalue weighted by Crippen LogP contribution is 2.32. The van der Waals surface area contributed by atoms with Crippen LogP contribution in [0.25, 0.3) is 0 Å². The van der Waals surface area contributed by atoms with Crippen molar-refractivity contribution in [1.29, 1.82) is 0 Å². The molecular weight excluding hydrogens is 278 g/mol. The smallest absolute Gasteiger partial charge is 0.185 e. The van der Waals surface area contributed by atoms with Gasteiger partial charge in [-0.1, -0.05) is 13.3 Å². The topological polar surface area (TPSA) is 28.2 Å². The van der Waals surface area contributed by atoms with E-state index in [1.165, 1.54) is 42.9 Å². The second-order valence-corrected chi connectivity index (χ2v) is 8.26. The van der Waals surface area contributed by atoms with Crippen molar-refractivity contribution in [2.75, 3.05) is 11.9 Å². The van der Waals surface area contributed by atoms with Crippen LogP contribution in [0.4, 0.5) is 5.13 Å². The molecule has 1 aliphatic carbocycles. The van der Waals surface area contributed by atoms with Gasteiger partial charge in [-0.25, -0.2) is 4.98 Å². The molecular formula is C17H31N3S. The lowest BCUT2D eigenvalue weighted by molar-refractivity contribution is 0.313. The van der Waals surface area contributed by atoms with Gasteiger partial charge >= 0.3 is 0 Å². The zero-order valence-corrected chi connectivity index (χ0v) is 15.1. The van der Waals surface area contributed by atoms with Crippen LogP contribution in [0, 0.1) is 5.92 Å². The number of thiazole rings is 1. The van der Waals surface area contributed by atoms with Gasteiger partial charge in [0.05, 0.1) is 5.69 Å². The van der Waals surface area contributed by atoms with E-state index in [1.807, 2.05) is 0 Å². The minimum atomic E-state index is 0.147. The zero-order chi connectivity index (χ0) is 15.5. The highest BCUT2D eigenvalue weighted by atomic mass is 32.1. The molecule has 0 bridgehead atoms. The molecule has 1 aliphatic rings. The van der Waals surface area contributed by atoms with Crippen LogP contribution in [0.1, 0.15) is 65.5 Å². The van der Waals surface area contributed by atoms with Crippen molar-refractivity contribution in [2.24, 2.45) is 5.92 Å². The van der Waals surface area contributed by atoms with E-state index in [-0.39, 0.29) is 5.54 Å². The number of hydrogen-bond donors (Lipinski definition) is 1. The Kier molecular flexibility index (Phi) is 5.67. The van der Waals surface area contributed by atoms with Gasteiger partial charge in [-0.3, -0.25) is 0 Å². The third-order valence-corrected chi connectivity index (χ3v) is 5.56. The van der Waals surface area contributed by atoms with Crippen molar-refractivity contribution in [1.82, 2.24) is 10.3 Å². The van der Waals surface area contributed by atoms with E-state index >= 15 is 0 Å². The summed E-state index contributed by atoms with van der Waals surface area (Å²) in [5, 5.41) is 6.89. The van der Waals surface area contributed by atoms with Crippen molar-refractivity contribution in [3.63, 3.8) is 0 Å². The number of anilines is 1. The number of nitrogens with one attached hydrogen (secondary N) is 1. The van der Waals surface area contributed by atoms with Crippen LogP contribution in [0.3, 0.4) is 0 Å². The normalized spacial score (nSPS) is 23.3. The molecule has 0 atom stereocenters. The standard InChI is InChI=1S/C17H31N3S/c1-6-13-7-9-15(10-8-13)20(5)16-19-14(12-21-16)11-18-17(2,3)4/h12-13,15,18H,6-11H2,1-5H3. The van der Waals surface area contributed by atoms with Crippen molar-refractivity contribution in [3.8, 4) is 0 Å². The van der Waals surface area contributed by atoms with Gasteiger partial charge in [0.1, 0.15) is 0 Å². The third kappa shape index (κ3) is 4.96. The van der Waals surface area contributed by atoms with E-state index in [0.717, 1.165) is 12.5 Å². The summed E-state index contributed by atoms with van der Waals surface area (Å²) in [7, 11) is 2.22. The van der Waals surface area contributed by atoms with Crippen molar-refractivity contribution < 1.29 is 0 Å². The van der Waals surface area contributed by atoms with E-state index in [0.29, 0.717) is 6.04 Å². The Hall–Kier alpha value is -0.610. The first kappa shape index (κ1) is 16.8. The predicted octanol–water partition coefficient (Wildman–Crippen LogP) is 4.44. The summed E-state index contributed by atoms with van der Waals surface area (Å²) in [6.45, 7) is 9.76. The highest BCUT2D eigenvalue weighted by Gasteiger charge is 2.24. The molecule has 1 saturated carbocycles. The lowest BCUT2D eigenvalue weighted by Crippen LogP contribution is -2.36. The van der Waals surface area contributed by atoms with E-state index < -0.39 is 0 Å². The van der Waals surface area contributed by atoms with E-state index in [1.54, 1.807) is 11.3 Å². The molecule has 0 saturated heterocycles. The van der Waals surface area contributed by atoms with E-state index in [9.17, 15) is 0 Å². The minimum absolute atomic E-state index is 0.147. The molecule has 120 valence electrons. The lowest BCUT2D eigenvalue weighted by Gasteiger charge is -2.34. The average Bonchev–Trinajstić information content (AvgIpc) is 2.93. The second kappa shape index (κ2) is 7.10. The van der Waals surface area contributed by atoms with E-state index in [4.69, 9.17) is 4.98 Å². The zero-order valence-electron chi connectivity index (χ0n) is 14.3. The molecule has 1 N–H and O–H groups in total. The lowest BCUT2D eigenvalue weighted by atomic mass is 9.84. The van der Waals surface area contributed by atoms with Crippen LogP contribution in [0.5, 0.6) is 0 Å². The quantitative estimate of drug-likeness (QED) is 0.871. The van der Waals surface area contributed by atoms with Gasteiger partial charge < -0.3 is 10.2 Å². The van der Waals surface area contributed by atoms with Crippen LogP contribution in [0.15, 0.2) is 5.38 Å². The summed E-state index contributed by atoms with van der Waals surface area (Å²) in [6, 6.07) is 0.683. The first-order valence-electron chi connectivity index (χ1n) is 8.31. The van der Waals surface area contributed by atoms with Gasteiger partial charge in [0.2, 0.25) is 0 Å². The molecule has 0 radical (unpaired) electrons. The van der Waals surface area contributed by atoms with Gasteiger partial charge in [-0.05, 0) is 52.4 Å². The van der Waals surface area contributed by atoms with Crippen molar-refractivity contribution >= 4 is 16.5 Å². The summed E-state index contributed by atoms with van der Waals surface area (Å²) in [6.07, 6.45) is 6.76. The Morgan fingerprint density at radius 2 is 1.95 bits per heavy atom. The highest BCUT2D eigenvalue weighted by molar-refractivity contribution is 7.13. The van der Waals surface area contributed by atoms with Crippen LogP contribution in [-0.2, 0) is 6.54 Å². The Balaban J connectivity index is 1.88. The molecule has 0 spiro atoms. The van der Waals surface area contributed by atoms with E-state index in [2.05, 4.69) is 50.3 Å². The summed E-state index contributed by atoms with van der Waals surface area (Å²) in [4.78, 5) is 7.22. The monoisotopic (exact) mass is 309 g/mol. The fourth-order valence-corrected chi connectivity index (χ4v) is 3.85. The Morgan fingerprint density at radius 3 is 2.52 bits per heavy atom. The molecule has 1 aromatic rings. The van der Waals surface area contributed by atoms with Gasteiger partial charge in [-0.2, -0.15) is 0 Å². The Morgan fingerprint density at radius 1 is 1.29 bits per heavy atom. The van der Waals surface area contributed by atoms with Crippen molar-refractivity contribution in [3.05, 3.63) is 11.1 Å². The van der Waals surface area contributed by atoms with Gasteiger partial charge in [0.25, 0.3) is 0 Å². The molecule has 0 amide bonds. The fourth-order valence-electron chi connectivity index (χ4n) is 2.99. The summed E-state index contributed by atoms with van der Waals surface area (Å²) < 4.78 is 0. The SMILES string of the molecule is CCC1CCC(N(C)c2nc(CNC(C)(C)C)cs2)CC1. The molecule has 1 heterocycles. The number of hydrogen-bond acceptors (Lipinski definition) is 4. The first-order chi connectivity index (χ1) is 9.89. The van der Waals surface area contributed by atoms with Crippen LogP contribution in [0.2, 0.25) is 0 Å². The average molecular weight is 310 g/mol. The first-order valence-corrected chi connectivity index (χ1v) is 9.19. The van der Waals surface area contributed by atoms with Crippen LogP contribution >= 0.6 is 11.3 Å². The second-order valence-electron chi connectivity index (χ2n) is 7.42. The van der Waals surface area contributed by atoms with Crippen molar-refractivity contribution in [2.45, 2.75) is 77.9 Å². The van der Waals surface area contributed by atoms with Gasteiger partial charge in [0.15, 0.2) is 5.13 Å². The third-order valence-electron chi connectivity index (χ3n) is 4.58. The maximum atomic E-state index is 4.81.